The van der Waals surface area contributed by atoms with Crippen molar-refractivity contribution in [2.24, 2.45) is 0 Å². The minimum absolute atomic E-state index is 0.0278. The van der Waals surface area contributed by atoms with Crippen molar-refractivity contribution in [2.75, 3.05) is 0 Å². The lowest BCUT2D eigenvalue weighted by atomic mass is 10.1. The molecule has 0 aliphatic heterocycles. The number of aromatic nitrogens is 1. The Morgan fingerprint density at radius 1 is 1.18 bits per heavy atom. The highest BCUT2D eigenvalue weighted by atomic mass is 35.5. The zero-order chi connectivity index (χ0) is 16.5. The lowest BCUT2D eigenvalue weighted by molar-refractivity contribution is 0.566. The predicted octanol–water partition coefficient (Wildman–Crippen LogP) is 4.04. The number of sulfonamides is 1. The summed E-state index contributed by atoms with van der Waals surface area (Å²) in [6, 6.07) is 4.75. The smallest absolute Gasteiger partial charge is 0.242 e. The molecule has 0 radical (unpaired) electrons. The number of pyridine rings is 1. The maximum Gasteiger partial charge on any atom is 0.242 e. The first-order chi connectivity index (χ1) is 10.2. The number of hydrogen-bond donors (Lipinski definition) is 1. The van der Waals surface area contributed by atoms with E-state index in [0.29, 0.717) is 16.1 Å². The van der Waals surface area contributed by atoms with Gasteiger partial charge in [-0.3, -0.25) is 4.98 Å². The van der Waals surface area contributed by atoms with E-state index >= 15 is 0 Å². The van der Waals surface area contributed by atoms with E-state index in [4.69, 9.17) is 23.2 Å². The van der Waals surface area contributed by atoms with Crippen molar-refractivity contribution in [2.45, 2.75) is 31.7 Å². The second-order valence-electron chi connectivity index (χ2n) is 5.07. The second-order valence-corrected chi connectivity index (χ2v) is 7.50. The monoisotopic (exact) mass is 358 g/mol. The lowest BCUT2D eigenvalue weighted by Crippen LogP contribution is -2.28. The molecule has 0 amide bonds. The van der Waals surface area contributed by atoms with E-state index in [1.807, 2.05) is 0 Å². The highest BCUT2D eigenvalue weighted by Gasteiger charge is 2.25. The van der Waals surface area contributed by atoms with Gasteiger partial charge in [0.25, 0.3) is 0 Å². The molecule has 4 nitrogen and oxygen atoms in total. The van der Waals surface area contributed by atoms with Crippen LogP contribution in [0.25, 0.3) is 0 Å². The Morgan fingerprint density at radius 2 is 1.77 bits per heavy atom. The third-order valence-electron chi connectivity index (χ3n) is 3.39. The van der Waals surface area contributed by atoms with Crippen LogP contribution in [0.1, 0.15) is 29.7 Å². The zero-order valence-corrected chi connectivity index (χ0v) is 14.7. The van der Waals surface area contributed by atoms with Crippen molar-refractivity contribution >= 4 is 33.2 Å². The number of halogens is 2. The van der Waals surface area contributed by atoms with Crippen LogP contribution in [0.15, 0.2) is 35.5 Å². The van der Waals surface area contributed by atoms with Crippen LogP contribution >= 0.6 is 23.2 Å². The second kappa shape index (κ2) is 6.54. The number of nitrogens with zero attached hydrogens (tertiary/aromatic N) is 1. The van der Waals surface area contributed by atoms with Gasteiger partial charge in [0, 0.05) is 23.5 Å². The fourth-order valence-corrected chi connectivity index (χ4v) is 4.59. The van der Waals surface area contributed by atoms with Crippen molar-refractivity contribution in [3.8, 4) is 0 Å². The Morgan fingerprint density at radius 3 is 2.36 bits per heavy atom. The summed E-state index contributed by atoms with van der Waals surface area (Å²) >= 11 is 12.3. The first-order valence-electron chi connectivity index (χ1n) is 6.61. The molecule has 2 aromatic rings. The molecule has 1 heterocycles. The van der Waals surface area contributed by atoms with Gasteiger partial charge in [0.1, 0.15) is 4.90 Å². The van der Waals surface area contributed by atoms with Crippen LogP contribution in [0.3, 0.4) is 0 Å². The molecule has 0 saturated heterocycles. The summed E-state index contributed by atoms with van der Waals surface area (Å²) in [6.45, 7) is 5.12. The molecule has 22 heavy (non-hydrogen) atoms. The van der Waals surface area contributed by atoms with E-state index in [-0.39, 0.29) is 9.92 Å². The summed E-state index contributed by atoms with van der Waals surface area (Å²) in [7, 11) is -3.80. The fourth-order valence-electron chi connectivity index (χ4n) is 2.15. The molecule has 0 aliphatic carbocycles. The Balaban J connectivity index is 2.44. The van der Waals surface area contributed by atoms with Gasteiger partial charge in [-0.05, 0) is 55.7 Å². The third kappa shape index (κ3) is 3.43. The van der Waals surface area contributed by atoms with Gasteiger partial charge in [-0.15, -0.1) is 0 Å². The van der Waals surface area contributed by atoms with Gasteiger partial charge in [0.2, 0.25) is 10.0 Å². The summed E-state index contributed by atoms with van der Waals surface area (Å²) in [5.74, 6) is 0. The molecule has 1 atom stereocenters. The molecule has 0 aliphatic rings. The maximum atomic E-state index is 12.7. The average molecular weight is 359 g/mol. The van der Waals surface area contributed by atoms with Gasteiger partial charge < -0.3 is 0 Å². The van der Waals surface area contributed by atoms with Crippen molar-refractivity contribution in [1.82, 2.24) is 9.71 Å². The largest absolute Gasteiger partial charge is 0.265 e. The average Bonchev–Trinajstić information content (AvgIpc) is 2.45. The first-order valence-corrected chi connectivity index (χ1v) is 8.85. The molecular weight excluding hydrogens is 343 g/mol. The van der Waals surface area contributed by atoms with E-state index in [2.05, 4.69) is 9.71 Å². The summed E-state index contributed by atoms with van der Waals surface area (Å²) in [4.78, 5) is 3.95. The highest BCUT2D eigenvalue weighted by molar-refractivity contribution is 7.89. The summed E-state index contributed by atoms with van der Waals surface area (Å²) in [5.41, 5.74) is 1.87. The van der Waals surface area contributed by atoms with Crippen LogP contribution in [0.2, 0.25) is 10.0 Å². The highest BCUT2D eigenvalue weighted by Crippen LogP contribution is 2.34. The summed E-state index contributed by atoms with van der Waals surface area (Å²) in [6.07, 6.45) is 3.23. The van der Waals surface area contributed by atoms with E-state index in [1.165, 1.54) is 0 Å². The summed E-state index contributed by atoms with van der Waals surface area (Å²) < 4.78 is 28.0. The molecule has 1 N–H and O–H groups in total. The standard InChI is InChI=1S/C15H16Cl2N2O2S/c1-9-8-13(16)10(2)15(14(9)17)22(20,21)19-11(3)12-4-6-18-7-5-12/h4-8,11,19H,1-3H3/t11-/m1/s1. The van der Waals surface area contributed by atoms with Crippen LogP contribution in [0, 0.1) is 13.8 Å². The molecule has 0 bridgehead atoms. The molecular formula is C15H16Cl2N2O2S. The normalized spacial score (nSPS) is 13.1. The van der Waals surface area contributed by atoms with E-state index in [1.54, 1.807) is 51.4 Å². The molecule has 2 rings (SSSR count). The van der Waals surface area contributed by atoms with Crippen LogP contribution in [0.4, 0.5) is 0 Å². The molecule has 118 valence electrons. The molecule has 1 aromatic carbocycles. The quantitative estimate of drug-likeness (QED) is 0.896. The molecule has 0 fully saturated rings. The van der Waals surface area contributed by atoms with Gasteiger partial charge >= 0.3 is 0 Å². The van der Waals surface area contributed by atoms with Crippen molar-refractivity contribution < 1.29 is 8.42 Å². The van der Waals surface area contributed by atoms with Crippen LogP contribution in [-0.2, 0) is 10.0 Å². The van der Waals surface area contributed by atoms with Gasteiger partial charge in [-0.1, -0.05) is 23.2 Å². The Labute approximate surface area is 140 Å². The Hall–Kier alpha value is -1.14. The molecule has 7 heteroatoms. The van der Waals surface area contributed by atoms with Gasteiger partial charge in [0.05, 0.1) is 5.02 Å². The Kier molecular flexibility index (Phi) is 5.12. The SMILES string of the molecule is Cc1cc(Cl)c(C)c(S(=O)(=O)N[C@H](C)c2ccncc2)c1Cl. The van der Waals surface area contributed by atoms with E-state index < -0.39 is 16.1 Å². The molecule has 0 spiro atoms. The van der Waals surface area contributed by atoms with Gasteiger partial charge in [-0.25, -0.2) is 13.1 Å². The number of rotatable bonds is 4. The molecule has 0 saturated carbocycles. The lowest BCUT2D eigenvalue weighted by Gasteiger charge is -2.18. The van der Waals surface area contributed by atoms with Crippen molar-refractivity contribution in [3.05, 3.63) is 57.3 Å². The van der Waals surface area contributed by atoms with Crippen LogP contribution in [0.5, 0.6) is 0 Å². The fraction of sp³-hybridized carbons (Fsp3) is 0.267. The number of benzene rings is 1. The summed E-state index contributed by atoms with van der Waals surface area (Å²) in [5, 5.41) is 0.565. The molecule has 0 unspecified atom stereocenters. The van der Waals surface area contributed by atoms with E-state index in [9.17, 15) is 8.42 Å². The predicted molar refractivity (Wildman–Crippen MR) is 88.9 cm³/mol. The first kappa shape index (κ1) is 17.2. The number of nitrogens with one attached hydrogen (secondary N) is 1. The Bertz CT molecular complexity index is 767. The van der Waals surface area contributed by atoms with E-state index in [0.717, 1.165) is 5.56 Å². The van der Waals surface area contributed by atoms with Crippen LogP contribution < -0.4 is 4.72 Å². The van der Waals surface area contributed by atoms with Crippen molar-refractivity contribution in [1.29, 1.82) is 0 Å². The topological polar surface area (TPSA) is 59.1 Å². The van der Waals surface area contributed by atoms with Gasteiger partial charge in [0.15, 0.2) is 0 Å². The number of aryl methyl sites for hydroxylation is 1. The zero-order valence-electron chi connectivity index (χ0n) is 12.4. The van der Waals surface area contributed by atoms with Crippen LogP contribution in [-0.4, -0.2) is 13.4 Å². The van der Waals surface area contributed by atoms with Gasteiger partial charge in [-0.2, -0.15) is 0 Å². The van der Waals surface area contributed by atoms with Crippen molar-refractivity contribution in [3.63, 3.8) is 0 Å². The third-order valence-corrected chi connectivity index (χ3v) is 6.10. The maximum absolute atomic E-state index is 12.7. The minimum atomic E-state index is -3.80. The number of hydrogen-bond acceptors (Lipinski definition) is 3. The minimum Gasteiger partial charge on any atom is -0.265 e. The molecule has 1 aromatic heterocycles.